The highest BCUT2D eigenvalue weighted by molar-refractivity contribution is 7.89. The smallest absolute Gasteiger partial charge is 0.239 e. The van der Waals surface area contributed by atoms with Gasteiger partial charge in [-0.25, -0.2) is 18.5 Å². The first-order valence-electron chi connectivity index (χ1n) is 7.62. The van der Waals surface area contributed by atoms with Crippen molar-refractivity contribution in [3.8, 4) is 0 Å². The van der Waals surface area contributed by atoms with Crippen molar-refractivity contribution in [2.24, 2.45) is 11.1 Å². The molecule has 1 unspecified atom stereocenters. The number of pyridine rings is 1. The van der Waals surface area contributed by atoms with Crippen LogP contribution in [0, 0.1) is 5.92 Å². The van der Waals surface area contributed by atoms with Crippen molar-refractivity contribution in [3.05, 3.63) is 18.3 Å². The number of anilines is 1. The van der Waals surface area contributed by atoms with Crippen molar-refractivity contribution in [1.29, 1.82) is 0 Å². The number of rotatable bonds is 6. The molecule has 1 atom stereocenters. The van der Waals surface area contributed by atoms with Gasteiger partial charge in [-0.1, -0.05) is 0 Å². The van der Waals surface area contributed by atoms with E-state index in [0.717, 1.165) is 31.2 Å². The molecule has 1 aromatic heterocycles. The number of sulfonamides is 1. The predicted molar refractivity (Wildman–Crippen MR) is 88.3 cm³/mol. The van der Waals surface area contributed by atoms with E-state index < -0.39 is 10.0 Å². The average Bonchev–Trinajstić information content (AvgIpc) is 2.77. The fourth-order valence-corrected chi connectivity index (χ4v) is 3.45. The first-order chi connectivity index (χ1) is 10.2. The molecule has 1 aliphatic rings. The van der Waals surface area contributed by atoms with Crippen LogP contribution in [0.15, 0.2) is 23.2 Å². The molecule has 3 N–H and O–H groups in total. The highest BCUT2D eigenvalue weighted by Crippen LogP contribution is 2.26. The van der Waals surface area contributed by atoms with Crippen molar-refractivity contribution in [2.45, 2.75) is 43.5 Å². The molecule has 2 heterocycles. The SMILES string of the molecule is CN(CCCC1CNC(C)(C)C1)c1ccc(S(N)(=O)=O)cn1. The fraction of sp³-hybridized carbons (Fsp3) is 0.667. The molecule has 0 spiro atoms. The second-order valence-electron chi connectivity index (χ2n) is 6.80. The van der Waals surface area contributed by atoms with Crippen LogP contribution in [0.4, 0.5) is 5.82 Å². The maximum Gasteiger partial charge on any atom is 0.239 e. The van der Waals surface area contributed by atoms with Crippen LogP contribution in [0.2, 0.25) is 0 Å². The minimum atomic E-state index is -3.67. The summed E-state index contributed by atoms with van der Waals surface area (Å²) in [6.07, 6.45) is 4.82. The molecule has 1 aliphatic heterocycles. The third kappa shape index (κ3) is 4.66. The standard InChI is InChI=1S/C15H26N4O2S/c1-15(2)9-12(10-18-15)5-4-8-19(3)14-7-6-13(11-17-14)22(16,20)21/h6-7,11-12,18H,4-5,8-10H2,1-3H3,(H2,16,20,21). The summed E-state index contributed by atoms with van der Waals surface area (Å²) < 4.78 is 22.4. The molecular formula is C15H26N4O2S. The van der Waals surface area contributed by atoms with Crippen LogP contribution in [0.5, 0.6) is 0 Å². The van der Waals surface area contributed by atoms with Gasteiger partial charge in [-0.15, -0.1) is 0 Å². The molecule has 0 radical (unpaired) electrons. The van der Waals surface area contributed by atoms with Crippen LogP contribution in [-0.4, -0.2) is 39.1 Å². The Morgan fingerprint density at radius 2 is 2.18 bits per heavy atom. The van der Waals surface area contributed by atoms with E-state index in [0.29, 0.717) is 0 Å². The second-order valence-corrected chi connectivity index (χ2v) is 8.36. The molecule has 22 heavy (non-hydrogen) atoms. The molecule has 0 saturated carbocycles. The molecule has 1 aromatic rings. The van der Waals surface area contributed by atoms with E-state index in [9.17, 15) is 8.42 Å². The Hall–Kier alpha value is -1.18. The summed E-state index contributed by atoms with van der Waals surface area (Å²) in [7, 11) is -1.70. The summed E-state index contributed by atoms with van der Waals surface area (Å²) in [4.78, 5) is 6.26. The van der Waals surface area contributed by atoms with E-state index in [1.807, 2.05) is 11.9 Å². The highest BCUT2D eigenvalue weighted by Gasteiger charge is 2.29. The number of primary sulfonamides is 1. The van der Waals surface area contributed by atoms with Crippen molar-refractivity contribution in [2.75, 3.05) is 25.0 Å². The number of nitrogens with zero attached hydrogens (tertiary/aromatic N) is 2. The van der Waals surface area contributed by atoms with Crippen LogP contribution >= 0.6 is 0 Å². The van der Waals surface area contributed by atoms with Crippen molar-refractivity contribution in [3.63, 3.8) is 0 Å². The molecule has 0 aromatic carbocycles. The molecule has 1 fully saturated rings. The minimum Gasteiger partial charge on any atom is -0.360 e. The zero-order chi connectivity index (χ0) is 16.4. The molecule has 2 rings (SSSR count). The Labute approximate surface area is 133 Å². The molecule has 7 heteroatoms. The Morgan fingerprint density at radius 3 is 2.68 bits per heavy atom. The quantitative estimate of drug-likeness (QED) is 0.823. The lowest BCUT2D eigenvalue weighted by molar-refractivity contribution is 0.428. The molecule has 6 nitrogen and oxygen atoms in total. The Kier molecular flexibility index (Phi) is 5.09. The molecule has 1 saturated heterocycles. The van der Waals surface area contributed by atoms with E-state index in [1.165, 1.54) is 25.1 Å². The lowest BCUT2D eigenvalue weighted by Crippen LogP contribution is -2.31. The van der Waals surface area contributed by atoms with Crippen LogP contribution in [0.25, 0.3) is 0 Å². The van der Waals surface area contributed by atoms with Gasteiger partial charge in [0.15, 0.2) is 0 Å². The van der Waals surface area contributed by atoms with Gasteiger partial charge >= 0.3 is 0 Å². The molecule has 124 valence electrons. The first kappa shape index (κ1) is 17.2. The lowest BCUT2D eigenvalue weighted by Gasteiger charge is -2.20. The van der Waals surface area contributed by atoms with E-state index in [2.05, 4.69) is 24.1 Å². The molecule has 0 bridgehead atoms. The van der Waals surface area contributed by atoms with Crippen LogP contribution < -0.4 is 15.4 Å². The third-order valence-corrected chi connectivity index (χ3v) is 5.11. The fourth-order valence-electron chi connectivity index (χ4n) is 2.99. The summed E-state index contributed by atoms with van der Waals surface area (Å²) in [5.41, 5.74) is 0.266. The van der Waals surface area contributed by atoms with Gasteiger partial charge in [0.2, 0.25) is 10.0 Å². The maximum atomic E-state index is 11.2. The summed E-state index contributed by atoms with van der Waals surface area (Å²) in [6, 6.07) is 3.19. The van der Waals surface area contributed by atoms with Gasteiger partial charge in [0.05, 0.1) is 0 Å². The third-order valence-electron chi connectivity index (χ3n) is 4.21. The average molecular weight is 326 g/mol. The second kappa shape index (κ2) is 6.52. The van der Waals surface area contributed by atoms with Crippen molar-refractivity contribution >= 4 is 15.8 Å². The van der Waals surface area contributed by atoms with Gasteiger partial charge in [0, 0.05) is 25.3 Å². The Balaban J connectivity index is 1.81. The summed E-state index contributed by atoms with van der Waals surface area (Å²) in [5, 5.41) is 8.61. The number of nitrogens with two attached hydrogens (primary N) is 1. The van der Waals surface area contributed by atoms with Crippen LogP contribution in [0.3, 0.4) is 0 Å². The monoisotopic (exact) mass is 326 g/mol. The minimum absolute atomic E-state index is 0.0453. The lowest BCUT2D eigenvalue weighted by atomic mass is 9.94. The number of hydrogen-bond acceptors (Lipinski definition) is 5. The van der Waals surface area contributed by atoms with Gasteiger partial charge in [0.1, 0.15) is 10.7 Å². The van der Waals surface area contributed by atoms with Gasteiger partial charge in [-0.3, -0.25) is 0 Å². The molecule has 0 aliphatic carbocycles. The molecular weight excluding hydrogens is 300 g/mol. The van der Waals surface area contributed by atoms with Crippen LogP contribution in [0.1, 0.15) is 33.1 Å². The number of aromatic nitrogens is 1. The highest BCUT2D eigenvalue weighted by atomic mass is 32.2. The van der Waals surface area contributed by atoms with Crippen LogP contribution in [-0.2, 0) is 10.0 Å². The number of nitrogens with one attached hydrogen (secondary N) is 1. The van der Waals surface area contributed by atoms with Gasteiger partial charge in [0.25, 0.3) is 0 Å². The normalized spacial score (nSPS) is 21.0. The summed E-state index contributed by atoms with van der Waals surface area (Å²) in [5.74, 6) is 1.50. The topological polar surface area (TPSA) is 88.3 Å². The Bertz CT molecular complexity index is 598. The van der Waals surface area contributed by atoms with Gasteiger partial charge < -0.3 is 10.2 Å². The largest absolute Gasteiger partial charge is 0.360 e. The summed E-state index contributed by atoms with van der Waals surface area (Å²) >= 11 is 0. The van der Waals surface area contributed by atoms with Crippen molar-refractivity contribution < 1.29 is 8.42 Å². The van der Waals surface area contributed by atoms with E-state index in [-0.39, 0.29) is 10.4 Å². The van der Waals surface area contributed by atoms with E-state index >= 15 is 0 Å². The maximum absolute atomic E-state index is 11.2. The van der Waals surface area contributed by atoms with E-state index in [4.69, 9.17) is 5.14 Å². The van der Waals surface area contributed by atoms with Gasteiger partial charge in [-0.05, 0) is 57.7 Å². The van der Waals surface area contributed by atoms with Gasteiger partial charge in [-0.2, -0.15) is 0 Å². The first-order valence-corrected chi connectivity index (χ1v) is 9.17. The molecule has 0 amide bonds. The summed E-state index contributed by atoms with van der Waals surface area (Å²) in [6.45, 7) is 6.49. The van der Waals surface area contributed by atoms with Crippen molar-refractivity contribution in [1.82, 2.24) is 10.3 Å². The Morgan fingerprint density at radius 1 is 1.45 bits per heavy atom. The zero-order valence-corrected chi connectivity index (χ0v) is 14.4. The predicted octanol–water partition coefficient (Wildman–Crippen LogP) is 1.33. The van der Waals surface area contributed by atoms with E-state index in [1.54, 1.807) is 6.07 Å². The zero-order valence-electron chi connectivity index (χ0n) is 13.5. The number of hydrogen-bond donors (Lipinski definition) is 2.